The molecule has 0 unspecified atom stereocenters. The summed E-state index contributed by atoms with van der Waals surface area (Å²) in [6, 6.07) is 8.31. The first-order valence-corrected chi connectivity index (χ1v) is 9.95. The van der Waals surface area contributed by atoms with Crippen LogP contribution < -0.4 is 9.08 Å². The lowest BCUT2D eigenvalue weighted by molar-refractivity contribution is 0.229. The number of carbonyl (C=O) groups excluding carboxylic acids is 1. The first-order valence-electron chi connectivity index (χ1n) is 7.41. The molecule has 2 amide bonds. The van der Waals surface area contributed by atoms with Crippen LogP contribution in [0.25, 0.3) is 0 Å². The second-order valence-electron chi connectivity index (χ2n) is 5.59. The normalized spacial score (nSPS) is 14.8. The van der Waals surface area contributed by atoms with Crippen LogP contribution in [0.5, 0.6) is 5.75 Å². The molecule has 6 nitrogen and oxygen atoms in total. The molecule has 0 bridgehead atoms. The fourth-order valence-electron chi connectivity index (χ4n) is 2.45. The standard InChI is InChI=1S/C16H13Cl3N2O4S/c1-20-6-7-21(16(20)22)11-2-4-12(5-3-11)26(23,24)25-15-13(18)8-10(17)9-14(15)19/h2-5,8-9H,6-7H2,1H3. The topological polar surface area (TPSA) is 66.9 Å². The Morgan fingerprint density at radius 1 is 1.00 bits per heavy atom. The van der Waals surface area contributed by atoms with Crippen LogP contribution in [0.15, 0.2) is 41.3 Å². The van der Waals surface area contributed by atoms with Crippen LogP contribution in [0.4, 0.5) is 10.5 Å². The van der Waals surface area contributed by atoms with Gasteiger partial charge in [0.2, 0.25) is 0 Å². The number of halogens is 3. The van der Waals surface area contributed by atoms with E-state index in [1.165, 1.54) is 24.3 Å². The Bertz CT molecular complexity index is 941. The molecule has 0 saturated carbocycles. The predicted octanol–water partition coefficient (Wildman–Crippen LogP) is 4.29. The van der Waals surface area contributed by atoms with Crippen molar-refractivity contribution in [3.05, 3.63) is 51.5 Å². The van der Waals surface area contributed by atoms with Gasteiger partial charge in [0.1, 0.15) is 4.90 Å². The molecule has 26 heavy (non-hydrogen) atoms. The second-order valence-corrected chi connectivity index (χ2v) is 8.38. The summed E-state index contributed by atoms with van der Waals surface area (Å²) in [6.07, 6.45) is 0. The summed E-state index contributed by atoms with van der Waals surface area (Å²) in [5.74, 6) is -0.196. The molecule has 1 aliphatic heterocycles. The summed E-state index contributed by atoms with van der Waals surface area (Å²) >= 11 is 17.7. The van der Waals surface area contributed by atoms with E-state index in [4.69, 9.17) is 39.0 Å². The number of amides is 2. The minimum atomic E-state index is -4.16. The molecule has 1 aliphatic rings. The van der Waals surface area contributed by atoms with E-state index >= 15 is 0 Å². The number of anilines is 1. The molecular weight excluding hydrogens is 423 g/mol. The van der Waals surface area contributed by atoms with Gasteiger partial charge in [-0.2, -0.15) is 8.42 Å². The van der Waals surface area contributed by atoms with Gasteiger partial charge in [0.05, 0.1) is 10.0 Å². The average molecular weight is 436 g/mol. The van der Waals surface area contributed by atoms with Gasteiger partial charge in [0, 0.05) is 30.8 Å². The SMILES string of the molecule is CN1CCN(c2ccc(S(=O)(=O)Oc3c(Cl)cc(Cl)cc3Cl)cc2)C1=O. The highest BCUT2D eigenvalue weighted by Gasteiger charge is 2.27. The maximum atomic E-state index is 12.5. The first-order chi connectivity index (χ1) is 12.2. The second kappa shape index (κ2) is 7.15. The van der Waals surface area contributed by atoms with Crippen molar-refractivity contribution in [1.82, 2.24) is 4.90 Å². The van der Waals surface area contributed by atoms with Gasteiger partial charge in [-0.1, -0.05) is 34.8 Å². The predicted molar refractivity (Wildman–Crippen MR) is 101 cm³/mol. The van der Waals surface area contributed by atoms with Gasteiger partial charge in [-0.25, -0.2) is 4.79 Å². The zero-order chi connectivity index (χ0) is 19.1. The highest BCUT2D eigenvalue weighted by atomic mass is 35.5. The molecule has 1 saturated heterocycles. The highest BCUT2D eigenvalue weighted by Crippen LogP contribution is 2.37. The summed E-state index contributed by atoms with van der Waals surface area (Å²) < 4.78 is 30.0. The van der Waals surface area contributed by atoms with Crippen molar-refractivity contribution < 1.29 is 17.4 Å². The monoisotopic (exact) mass is 434 g/mol. The summed E-state index contributed by atoms with van der Waals surface area (Å²) in [4.78, 5) is 15.0. The smallest absolute Gasteiger partial charge is 0.339 e. The fourth-order valence-corrected chi connectivity index (χ4v) is 4.40. The number of nitrogens with zero attached hydrogens (tertiary/aromatic N) is 2. The van der Waals surface area contributed by atoms with E-state index in [2.05, 4.69) is 0 Å². The maximum Gasteiger partial charge on any atom is 0.339 e. The van der Waals surface area contributed by atoms with Crippen molar-refractivity contribution in [1.29, 1.82) is 0 Å². The average Bonchev–Trinajstić information content (AvgIpc) is 2.90. The minimum absolute atomic E-state index is 0.0200. The van der Waals surface area contributed by atoms with Gasteiger partial charge in [0.25, 0.3) is 0 Å². The van der Waals surface area contributed by atoms with Crippen LogP contribution in [0, 0.1) is 0 Å². The summed E-state index contributed by atoms with van der Waals surface area (Å²) in [6.45, 7) is 1.14. The Morgan fingerprint density at radius 2 is 1.58 bits per heavy atom. The molecule has 2 aromatic rings. The number of carbonyl (C=O) groups is 1. The Kier molecular flexibility index (Phi) is 5.25. The van der Waals surface area contributed by atoms with Gasteiger partial charge < -0.3 is 9.08 Å². The third-order valence-electron chi connectivity index (χ3n) is 3.81. The van der Waals surface area contributed by atoms with Gasteiger partial charge in [-0.15, -0.1) is 0 Å². The van der Waals surface area contributed by atoms with Crippen molar-refractivity contribution in [2.24, 2.45) is 0 Å². The molecule has 0 aromatic heterocycles. The zero-order valence-corrected chi connectivity index (χ0v) is 16.5. The summed E-state index contributed by atoms with van der Waals surface area (Å²) in [5.41, 5.74) is 0.598. The van der Waals surface area contributed by atoms with Gasteiger partial charge >= 0.3 is 16.1 Å². The van der Waals surface area contributed by atoms with Gasteiger partial charge in [0.15, 0.2) is 5.75 Å². The van der Waals surface area contributed by atoms with Crippen LogP contribution in [-0.2, 0) is 10.1 Å². The summed E-state index contributed by atoms with van der Waals surface area (Å²) in [5, 5.41) is 0.219. The van der Waals surface area contributed by atoms with E-state index in [0.717, 1.165) is 0 Å². The fraction of sp³-hybridized carbons (Fsp3) is 0.188. The number of hydrogen-bond acceptors (Lipinski definition) is 4. The van der Waals surface area contributed by atoms with Crippen LogP contribution in [0.2, 0.25) is 15.1 Å². The third-order valence-corrected chi connectivity index (χ3v) is 5.82. The number of likely N-dealkylation sites (N-methyl/N-ethyl adjacent to an activating group) is 1. The van der Waals surface area contributed by atoms with Crippen LogP contribution >= 0.6 is 34.8 Å². The Labute approximate surface area is 165 Å². The lowest BCUT2D eigenvalue weighted by Gasteiger charge is -2.16. The number of rotatable bonds is 4. The molecule has 0 spiro atoms. The number of benzene rings is 2. The van der Waals surface area contributed by atoms with Crippen molar-refractivity contribution in [3.63, 3.8) is 0 Å². The number of urea groups is 1. The van der Waals surface area contributed by atoms with Crippen LogP contribution in [0.1, 0.15) is 0 Å². The van der Waals surface area contributed by atoms with E-state index in [-0.39, 0.29) is 31.7 Å². The maximum absolute atomic E-state index is 12.5. The molecule has 0 atom stereocenters. The van der Waals surface area contributed by atoms with E-state index in [1.807, 2.05) is 0 Å². The van der Waals surface area contributed by atoms with Gasteiger partial charge in [-0.3, -0.25) is 4.90 Å². The first kappa shape index (κ1) is 19.1. The molecule has 138 valence electrons. The van der Waals surface area contributed by atoms with E-state index < -0.39 is 10.1 Å². The Balaban J connectivity index is 1.86. The molecule has 10 heteroatoms. The zero-order valence-electron chi connectivity index (χ0n) is 13.4. The van der Waals surface area contributed by atoms with E-state index in [9.17, 15) is 13.2 Å². The van der Waals surface area contributed by atoms with Crippen molar-refractivity contribution >= 4 is 56.6 Å². The van der Waals surface area contributed by atoms with E-state index in [0.29, 0.717) is 18.8 Å². The highest BCUT2D eigenvalue weighted by molar-refractivity contribution is 7.87. The lowest BCUT2D eigenvalue weighted by Crippen LogP contribution is -2.29. The Morgan fingerprint density at radius 3 is 2.08 bits per heavy atom. The summed E-state index contributed by atoms with van der Waals surface area (Å²) in [7, 11) is -2.46. The van der Waals surface area contributed by atoms with Crippen molar-refractivity contribution in [2.45, 2.75) is 4.90 Å². The molecule has 0 radical (unpaired) electrons. The molecule has 1 fully saturated rings. The lowest BCUT2D eigenvalue weighted by atomic mass is 10.3. The van der Waals surface area contributed by atoms with Crippen molar-refractivity contribution in [3.8, 4) is 5.75 Å². The third kappa shape index (κ3) is 3.71. The molecule has 3 rings (SSSR count). The molecule has 1 heterocycles. The minimum Gasteiger partial charge on any atom is -0.376 e. The van der Waals surface area contributed by atoms with Gasteiger partial charge in [-0.05, 0) is 36.4 Å². The van der Waals surface area contributed by atoms with Crippen molar-refractivity contribution in [2.75, 3.05) is 25.0 Å². The molecular formula is C16H13Cl3N2O4S. The Hall–Kier alpha value is -1.67. The van der Waals surface area contributed by atoms with Crippen LogP contribution in [0.3, 0.4) is 0 Å². The molecule has 0 N–H and O–H groups in total. The quantitative estimate of drug-likeness (QED) is 0.672. The molecule has 0 aliphatic carbocycles. The number of hydrogen-bond donors (Lipinski definition) is 0. The largest absolute Gasteiger partial charge is 0.376 e. The van der Waals surface area contributed by atoms with E-state index in [1.54, 1.807) is 29.0 Å². The van der Waals surface area contributed by atoms with Crippen LogP contribution in [-0.4, -0.2) is 39.5 Å². The molecule has 2 aromatic carbocycles.